The number of ether oxygens (including phenoxy) is 2. The van der Waals surface area contributed by atoms with E-state index in [0.717, 1.165) is 6.07 Å². The first-order valence-corrected chi connectivity index (χ1v) is 7.21. The molecule has 7 heteroatoms. The highest BCUT2D eigenvalue weighted by Gasteiger charge is 2.38. The molecule has 2 unspecified atom stereocenters. The number of phenolic OH excluding ortho intramolecular Hbond substituents is 2. The molecular weight excluding hydrogens is 316 g/mol. The molecule has 0 saturated heterocycles. The van der Waals surface area contributed by atoms with Gasteiger partial charge in [-0.25, -0.2) is 4.79 Å². The first kappa shape index (κ1) is 15.9. The lowest BCUT2D eigenvalue weighted by Gasteiger charge is -2.18. The van der Waals surface area contributed by atoms with E-state index in [1.54, 1.807) is 12.1 Å². The molecule has 0 aliphatic carbocycles. The molecule has 1 aliphatic rings. The molecule has 7 nitrogen and oxygen atoms in total. The number of benzene rings is 2. The zero-order valence-corrected chi connectivity index (χ0v) is 12.8. The first-order chi connectivity index (χ1) is 11.5. The van der Waals surface area contributed by atoms with Gasteiger partial charge in [0.05, 0.1) is 25.2 Å². The van der Waals surface area contributed by atoms with Gasteiger partial charge in [0.1, 0.15) is 6.10 Å². The molecule has 4 N–H and O–H groups in total. The van der Waals surface area contributed by atoms with Crippen molar-refractivity contribution in [3.63, 3.8) is 0 Å². The second kappa shape index (κ2) is 5.93. The third-order valence-electron chi connectivity index (χ3n) is 4.08. The number of methoxy groups -OCH3 is 1. The summed E-state index contributed by atoms with van der Waals surface area (Å²) in [5.74, 6) is -1.67. The molecule has 24 heavy (non-hydrogen) atoms. The Hall–Kier alpha value is -2.93. The Morgan fingerprint density at radius 3 is 2.58 bits per heavy atom. The van der Waals surface area contributed by atoms with E-state index in [-0.39, 0.29) is 35.2 Å². The molecule has 0 spiro atoms. The standard InChI is InChI=1S/C17H16O7/c1-23-14-6-8(2-3-12(14)19)15-11(7-18)10-4-9(17(21)22)5-13(20)16(10)24-15/h2-6,11,15,18-20H,7H2,1H3,(H,21,22). The predicted octanol–water partition coefficient (Wildman–Crippen LogP) is 2.01. The number of carboxylic acids is 1. The summed E-state index contributed by atoms with van der Waals surface area (Å²) in [6.45, 7) is -0.302. The normalized spacial score (nSPS) is 18.8. The van der Waals surface area contributed by atoms with E-state index in [0.29, 0.717) is 11.1 Å². The Balaban J connectivity index is 2.06. The van der Waals surface area contributed by atoms with Crippen LogP contribution in [0.1, 0.15) is 33.5 Å². The zero-order valence-electron chi connectivity index (χ0n) is 12.8. The Morgan fingerprint density at radius 1 is 1.21 bits per heavy atom. The van der Waals surface area contributed by atoms with Gasteiger partial charge in [-0.1, -0.05) is 6.07 Å². The van der Waals surface area contributed by atoms with Crippen LogP contribution < -0.4 is 9.47 Å². The smallest absolute Gasteiger partial charge is 0.335 e. The first-order valence-electron chi connectivity index (χ1n) is 7.21. The van der Waals surface area contributed by atoms with E-state index in [1.165, 1.54) is 19.2 Å². The lowest BCUT2D eigenvalue weighted by molar-refractivity contribution is 0.0696. The summed E-state index contributed by atoms with van der Waals surface area (Å²) in [6, 6.07) is 7.12. The molecule has 0 fully saturated rings. The molecule has 126 valence electrons. The van der Waals surface area contributed by atoms with E-state index >= 15 is 0 Å². The van der Waals surface area contributed by atoms with Crippen LogP contribution in [0, 0.1) is 0 Å². The number of hydrogen-bond acceptors (Lipinski definition) is 6. The van der Waals surface area contributed by atoms with Gasteiger partial charge in [-0.05, 0) is 29.8 Å². The molecule has 0 saturated carbocycles. The van der Waals surface area contributed by atoms with Crippen LogP contribution in [0.15, 0.2) is 30.3 Å². The van der Waals surface area contributed by atoms with Crippen LogP contribution in [-0.2, 0) is 0 Å². The van der Waals surface area contributed by atoms with Gasteiger partial charge >= 0.3 is 5.97 Å². The summed E-state index contributed by atoms with van der Waals surface area (Å²) >= 11 is 0. The SMILES string of the molecule is COc1cc(C2Oc3c(O)cc(C(=O)O)cc3C2CO)ccc1O. The lowest BCUT2D eigenvalue weighted by Crippen LogP contribution is -2.13. The Morgan fingerprint density at radius 2 is 1.96 bits per heavy atom. The minimum atomic E-state index is -1.18. The van der Waals surface area contributed by atoms with E-state index in [4.69, 9.17) is 14.6 Å². The molecule has 1 aliphatic heterocycles. The molecule has 1 heterocycles. The van der Waals surface area contributed by atoms with E-state index < -0.39 is 18.0 Å². The van der Waals surface area contributed by atoms with Crippen LogP contribution in [-0.4, -0.2) is 40.1 Å². The fourth-order valence-electron chi connectivity index (χ4n) is 2.90. The third kappa shape index (κ3) is 2.48. The molecule has 2 atom stereocenters. The lowest BCUT2D eigenvalue weighted by atomic mass is 9.90. The summed E-state index contributed by atoms with van der Waals surface area (Å²) in [4.78, 5) is 11.2. The molecule has 0 radical (unpaired) electrons. The molecule has 2 aromatic rings. The Bertz CT molecular complexity index is 800. The highest BCUT2D eigenvalue weighted by molar-refractivity contribution is 5.89. The second-order valence-corrected chi connectivity index (χ2v) is 5.48. The van der Waals surface area contributed by atoms with Crippen LogP contribution in [0.2, 0.25) is 0 Å². The van der Waals surface area contributed by atoms with Crippen molar-refractivity contribution in [1.29, 1.82) is 0 Å². The van der Waals surface area contributed by atoms with Crippen LogP contribution in [0.25, 0.3) is 0 Å². The number of phenols is 2. The van der Waals surface area contributed by atoms with E-state index in [1.807, 2.05) is 0 Å². The topological polar surface area (TPSA) is 116 Å². The van der Waals surface area contributed by atoms with Crippen molar-refractivity contribution < 1.29 is 34.7 Å². The number of aliphatic hydroxyl groups excluding tert-OH is 1. The summed E-state index contributed by atoms with van der Waals surface area (Å²) < 4.78 is 10.8. The van der Waals surface area contributed by atoms with Crippen LogP contribution in [0.4, 0.5) is 0 Å². The monoisotopic (exact) mass is 332 g/mol. The molecule has 0 bridgehead atoms. The summed E-state index contributed by atoms with van der Waals surface area (Å²) in [5, 5.41) is 38.6. The minimum absolute atomic E-state index is 0.0340. The van der Waals surface area contributed by atoms with Crippen molar-refractivity contribution in [3.05, 3.63) is 47.0 Å². The fraction of sp³-hybridized carbons (Fsp3) is 0.235. The third-order valence-corrected chi connectivity index (χ3v) is 4.08. The summed E-state index contributed by atoms with van der Waals surface area (Å²) in [7, 11) is 1.41. The largest absolute Gasteiger partial charge is 0.504 e. The Labute approximate surface area is 137 Å². The number of carboxylic acid groups (broad SMARTS) is 1. The highest BCUT2D eigenvalue weighted by Crippen LogP contribution is 2.51. The van der Waals surface area contributed by atoms with Crippen molar-refractivity contribution in [2.45, 2.75) is 12.0 Å². The molecule has 0 aromatic heterocycles. The van der Waals surface area contributed by atoms with Gasteiger partial charge in [0.15, 0.2) is 23.0 Å². The summed E-state index contributed by atoms with van der Waals surface area (Å²) in [6.07, 6.45) is -0.644. The number of aromatic hydroxyl groups is 2. The average molecular weight is 332 g/mol. The van der Waals surface area contributed by atoms with E-state index in [9.17, 15) is 20.1 Å². The van der Waals surface area contributed by atoms with Crippen molar-refractivity contribution in [2.24, 2.45) is 0 Å². The fourth-order valence-corrected chi connectivity index (χ4v) is 2.90. The number of hydrogen-bond donors (Lipinski definition) is 4. The van der Waals surface area contributed by atoms with Crippen molar-refractivity contribution in [3.8, 4) is 23.0 Å². The number of carbonyl (C=O) groups is 1. The van der Waals surface area contributed by atoms with Crippen LogP contribution in [0.3, 0.4) is 0 Å². The van der Waals surface area contributed by atoms with Crippen molar-refractivity contribution >= 4 is 5.97 Å². The highest BCUT2D eigenvalue weighted by atomic mass is 16.5. The maximum atomic E-state index is 11.2. The molecule has 2 aromatic carbocycles. The average Bonchev–Trinajstić information content (AvgIpc) is 2.94. The maximum Gasteiger partial charge on any atom is 0.335 e. The van der Waals surface area contributed by atoms with Gasteiger partial charge in [0.25, 0.3) is 0 Å². The second-order valence-electron chi connectivity index (χ2n) is 5.48. The van der Waals surface area contributed by atoms with E-state index in [2.05, 4.69) is 0 Å². The zero-order chi connectivity index (χ0) is 17.4. The Kier molecular flexibility index (Phi) is 3.94. The van der Waals surface area contributed by atoms with Crippen LogP contribution >= 0.6 is 0 Å². The summed E-state index contributed by atoms with van der Waals surface area (Å²) in [5.41, 5.74) is 0.959. The van der Waals surface area contributed by atoms with Gasteiger partial charge in [0, 0.05) is 5.56 Å². The molecule has 0 amide bonds. The minimum Gasteiger partial charge on any atom is -0.504 e. The quantitative estimate of drug-likeness (QED) is 0.676. The maximum absolute atomic E-state index is 11.2. The number of aliphatic hydroxyl groups is 1. The molecule has 3 rings (SSSR count). The van der Waals surface area contributed by atoms with Gasteiger partial charge in [-0.3, -0.25) is 0 Å². The van der Waals surface area contributed by atoms with Crippen molar-refractivity contribution in [2.75, 3.05) is 13.7 Å². The number of aromatic carboxylic acids is 1. The number of rotatable bonds is 4. The van der Waals surface area contributed by atoms with Gasteiger partial charge in [0.2, 0.25) is 0 Å². The van der Waals surface area contributed by atoms with Gasteiger partial charge in [-0.15, -0.1) is 0 Å². The molecular formula is C17H16O7. The van der Waals surface area contributed by atoms with Gasteiger partial charge < -0.3 is 29.9 Å². The predicted molar refractivity (Wildman–Crippen MR) is 82.9 cm³/mol. The van der Waals surface area contributed by atoms with Crippen LogP contribution in [0.5, 0.6) is 23.0 Å². The van der Waals surface area contributed by atoms with Crippen molar-refractivity contribution in [1.82, 2.24) is 0 Å². The van der Waals surface area contributed by atoms with Gasteiger partial charge in [-0.2, -0.15) is 0 Å². The number of fused-ring (bicyclic) bond motifs is 1.